The van der Waals surface area contributed by atoms with Crippen molar-refractivity contribution in [3.05, 3.63) is 71.5 Å². The third kappa shape index (κ3) is 4.00. The number of carbonyl (C=O) groups excluding carboxylic acids is 1. The molecule has 1 atom stereocenters. The van der Waals surface area contributed by atoms with Gasteiger partial charge in [0.15, 0.2) is 0 Å². The molecule has 0 aliphatic carbocycles. The average Bonchev–Trinajstić information content (AvgIpc) is 2.42. The SMILES string of the molecule is NC(CC(=O)Cc1ccc(F)cc1)c1ccccc1. The Kier molecular flexibility index (Phi) is 4.42. The van der Waals surface area contributed by atoms with Crippen LogP contribution in [0.5, 0.6) is 0 Å². The van der Waals surface area contributed by atoms with Crippen LogP contribution in [0.15, 0.2) is 54.6 Å². The standard InChI is InChI=1S/C16H16FNO/c17-14-8-6-12(7-9-14)10-15(19)11-16(18)13-4-2-1-3-5-13/h1-9,16H,10-11,18H2. The molecule has 3 heteroatoms. The predicted molar refractivity (Wildman–Crippen MR) is 73.1 cm³/mol. The molecule has 0 radical (unpaired) electrons. The topological polar surface area (TPSA) is 43.1 Å². The van der Waals surface area contributed by atoms with Gasteiger partial charge in [-0.15, -0.1) is 0 Å². The third-order valence-electron chi connectivity index (χ3n) is 2.99. The minimum Gasteiger partial charge on any atom is -0.324 e. The fourth-order valence-corrected chi connectivity index (χ4v) is 1.97. The number of ketones is 1. The Balaban J connectivity index is 1.93. The van der Waals surface area contributed by atoms with E-state index in [0.717, 1.165) is 11.1 Å². The van der Waals surface area contributed by atoms with Gasteiger partial charge in [-0.1, -0.05) is 42.5 Å². The van der Waals surface area contributed by atoms with Gasteiger partial charge in [0.25, 0.3) is 0 Å². The second-order valence-corrected chi connectivity index (χ2v) is 4.56. The van der Waals surface area contributed by atoms with Crippen LogP contribution in [0, 0.1) is 5.82 Å². The van der Waals surface area contributed by atoms with E-state index in [1.54, 1.807) is 12.1 Å². The van der Waals surface area contributed by atoms with Crippen LogP contribution in [-0.2, 0) is 11.2 Å². The van der Waals surface area contributed by atoms with Crippen LogP contribution in [0.1, 0.15) is 23.6 Å². The normalized spacial score (nSPS) is 12.1. The zero-order chi connectivity index (χ0) is 13.7. The third-order valence-corrected chi connectivity index (χ3v) is 2.99. The summed E-state index contributed by atoms with van der Waals surface area (Å²) in [6, 6.07) is 15.2. The van der Waals surface area contributed by atoms with Crippen molar-refractivity contribution in [2.45, 2.75) is 18.9 Å². The van der Waals surface area contributed by atoms with Crippen molar-refractivity contribution in [2.75, 3.05) is 0 Å². The Morgan fingerprint density at radius 3 is 2.32 bits per heavy atom. The largest absolute Gasteiger partial charge is 0.324 e. The van der Waals surface area contributed by atoms with Gasteiger partial charge in [-0.05, 0) is 23.3 Å². The quantitative estimate of drug-likeness (QED) is 0.894. The highest BCUT2D eigenvalue weighted by atomic mass is 19.1. The Morgan fingerprint density at radius 1 is 1.05 bits per heavy atom. The van der Waals surface area contributed by atoms with Crippen LogP contribution < -0.4 is 5.73 Å². The molecule has 2 nitrogen and oxygen atoms in total. The summed E-state index contributed by atoms with van der Waals surface area (Å²) in [4.78, 5) is 11.9. The van der Waals surface area contributed by atoms with Crippen molar-refractivity contribution in [3.63, 3.8) is 0 Å². The van der Waals surface area contributed by atoms with E-state index in [4.69, 9.17) is 5.73 Å². The molecule has 0 bridgehead atoms. The van der Waals surface area contributed by atoms with Crippen LogP contribution in [0.2, 0.25) is 0 Å². The molecule has 98 valence electrons. The molecule has 2 aromatic carbocycles. The van der Waals surface area contributed by atoms with Gasteiger partial charge >= 0.3 is 0 Å². The van der Waals surface area contributed by atoms with E-state index in [-0.39, 0.29) is 17.6 Å². The highest BCUT2D eigenvalue weighted by Crippen LogP contribution is 2.15. The molecule has 19 heavy (non-hydrogen) atoms. The van der Waals surface area contributed by atoms with Gasteiger partial charge in [-0.3, -0.25) is 4.79 Å². The van der Waals surface area contributed by atoms with Gasteiger partial charge in [0.1, 0.15) is 11.6 Å². The molecule has 0 aromatic heterocycles. The Labute approximate surface area is 112 Å². The van der Waals surface area contributed by atoms with Crippen molar-refractivity contribution in [1.82, 2.24) is 0 Å². The maximum Gasteiger partial charge on any atom is 0.139 e. The van der Waals surface area contributed by atoms with Gasteiger partial charge in [0.05, 0.1) is 0 Å². The zero-order valence-corrected chi connectivity index (χ0v) is 10.6. The smallest absolute Gasteiger partial charge is 0.139 e. The fraction of sp³-hybridized carbons (Fsp3) is 0.188. The van der Waals surface area contributed by atoms with Gasteiger partial charge in [-0.25, -0.2) is 4.39 Å². The maximum atomic E-state index is 12.8. The first kappa shape index (κ1) is 13.4. The number of halogens is 1. The summed E-state index contributed by atoms with van der Waals surface area (Å²) in [5.41, 5.74) is 7.76. The molecule has 0 saturated carbocycles. The molecule has 0 heterocycles. The van der Waals surface area contributed by atoms with Crippen LogP contribution in [0.25, 0.3) is 0 Å². The number of rotatable bonds is 5. The average molecular weight is 257 g/mol. The number of nitrogens with two attached hydrogens (primary N) is 1. The Bertz CT molecular complexity index is 536. The maximum absolute atomic E-state index is 12.8. The molecule has 1 unspecified atom stereocenters. The Morgan fingerprint density at radius 2 is 1.68 bits per heavy atom. The lowest BCUT2D eigenvalue weighted by molar-refractivity contribution is -0.118. The van der Waals surface area contributed by atoms with Crippen LogP contribution in [0.4, 0.5) is 4.39 Å². The summed E-state index contributed by atoms with van der Waals surface area (Å²) in [5.74, 6) is -0.236. The molecule has 0 amide bonds. The number of Topliss-reactive ketones (excluding diaryl/α,β-unsaturated/α-hetero) is 1. The molecule has 2 aromatic rings. The van der Waals surface area contributed by atoms with Crippen molar-refractivity contribution in [3.8, 4) is 0 Å². The Hall–Kier alpha value is -2.00. The number of benzene rings is 2. The van der Waals surface area contributed by atoms with Gasteiger partial charge in [0, 0.05) is 18.9 Å². The van der Waals surface area contributed by atoms with E-state index >= 15 is 0 Å². The summed E-state index contributed by atoms with van der Waals surface area (Å²) in [5, 5.41) is 0. The van der Waals surface area contributed by atoms with E-state index in [0.29, 0.717) is 12.8 Å². The van der Waals surface area contributed by atoms with Crippen molar-refractivity contribution in [1.29, 1.82) is 0 Å². The molecular weight excluding hydrogens is 241 g/mol. The zero-order valence-electron chi connectivity index (χ0n) is 10.6. The number of hydrogen-bond donors (Lipinski definition) is 1. The monoisotopic (exact) mass is 257 g/mol. The second-order valence-electron chi connectivity index (χ2n) is 4.56. The minimum absolute atomic E-state index is 0.0583. The molecule has 0 aliphatic heterocycles. The van der Waals surface area contributed by atoms with Crippen molar-refractivity contribution in [2.24, 2.45) is 5.73 Å². The second kappa shape index (κ2) is 6.25. The lowest BCUT2D eigenvalue weighted by Gasteiger charge is -2.11. The van der Waals surface area contributed by atoms with Crippen LogP contribution in [-0.4, -0.2) is 5.78 Å². The van der Waals surface area contributed by atoms with E-state index in [2.05, 4.69) is 0 Å². The minimum atomic E-state index is -0.294. The molecule has 2 rings (SSSR count). The molecule has 0 fully saturated rings. The number of hydrogen-bond acceptors (Lipinski definition) is 2. The lowest BCUT2D eigenvalue weighted by Crippen LogP contribution is -2.16. The fourth-order valence-electron chi connectivity index (χ4n) is 1.97. The highest BCUT2D eigenvalue weighted by molar-refractivity contribution is 5.81. The molecule has 0 saturated heterocycles. The molecule has 0 spiro atoms. The van der Waals surface area contributed by atoms with Crippen molar-refractivity contribution < 1.29 is 9.18 Å². The first-order valence-electron chi connectivity index (χ1n) is 6.22. The highest BCUT2D eigenvalue weighted by Gasteiger charge is 2.11. The van der Waals surface area contributed by atoms with Gasteiger partial charge < -0.3 is 5.73 Å². The molecule has 2 N–H and O–H groups in total. The number of carbonyl (C=O) groups is 1. The van der Waals surface area contributed by atoms with Crippen molar-refractivity contribution >= 4 is 5.78 Å². The van der Waals surface area contributed by atoms with Gasteiger partial charge in [-0.2, -0.15) is 0 Å². The van der Waals surface area contributed by atoms with E-state index in [9.17, 15) is 9.18 Å². The summed E-state index contributed by atoms with van der Waals surface area (Å²) < 4.78 is 12.8. The first-order valence-corrected chi connectivity index (χ1v) is 6.22. The summed E-state index contributed by atoms with van der Waals surface area (Å²) >= 11 is 0. The van der Waals surface area contributed by atoms with E-state index in [1.807, 2.05) is 30.3 Å². The lowest BCUT2D eigenvalue weighted by atomic mass is 9.99. The predicted octanol–water partition coefficient (Wildman–Crippen LogP) is 3.03. The first-order chi connectivity index (χ1) is 9.15. The summed E-state index contributed by atoms with van der Waals surface area (Å²) in [6.07, 6.45) is 0.586. The van der Waals surface area contributed by atoms with E-state index < -0.39 is 0 Å². The van der Waals surface area contributed by atoms with Crippen LogP contribution in [0.3, 0.4) is 0 Å². The van der Waals surface area contributed by atoms with Gasteiger partial charge in [0.2, 0.25) is 0 Å². The summed E-state index contributed by atoms with van der Waals surface area (Å²) in [6.45, 7) is 0. The summed E-state index contributed by atoms with van der Waals surface area (Å²) in [7, 11) is 0. The van der Waals surface area contributed by atoms with Crippen LogP contribution >= 0.6 is 0 Å². The molecule has 0 aliphatic rings. The molecular formula is C16H16FNO. The van der Waals surface area contributed by atoms with E-state index in [1.165, 1.54) is 12.1 Å².